The second-order valence-electron chi connectivity index (χ2n) is 7.00. The summed E-state index contributed by atoms with van der Waals surface area (Å²) in [5.41, 5.74) is -2.85. The fourth-order valence-electron chi connectivity index (χ4n) is 3.38. The molecule has 160 valence electrons. The quantitative estimate of drug-likeness (QED) is 0.454. The van der Waals surface area contributed by atoms with E-state index in [4.69, 9.17) is 0 Å². The van der Waals surface area contributed by atoms with E-state index in [1.807, 2.05) is 11.9 Å². The van der Waals surface area contributed by atoms with Gasteiger partial charge in [-0.1, -0.05) is 0 Å². The van der Waals surface area contributed by atoms with Crippen LogP contribution in [0.25, 0.3) is 21.9 Å². The number of likely N-dealkylation sites (N-methyl/N-ethyl adjacent to an activating group) is 1. The number of aromatic nitrogens is 3. The van der Waals surface area contributed by atoms with E-state index in [9.17, 15) is 30.7 Å². The second-order valence-corrected chi connectivity index (χ2v) is 7.00. The first-order chi connectivity index (χ1) is 14.0. The Balaban J connectivity index is 2.02. The fraction of sp³-hybridized carbons (Fsp3) is 0.389. The number of pyridine rings is 1. The summed E-state index contributed by atoms with van der Waals surface area (Å²) in [6.45, 7) is 2.26. The third kappa shape index (κ3) is 3.09. The normalized spacial score (nSPS) is 16.6. The number of piperazine rings is 1. The van der Waals surface area contributed by atoms with Crippen LogP contribution in [0.15, 0.2) is 18.5 Å². The highest BCUT2D eigenvalue weighted by Gasteiger charge is 2.60. The summed E-state index contributed by atoms with van der Waals surface area (Å²) in [4.78, 5) is 15.9. The maximum atomic E-state index is 14.7. The standard InChI is InChI=1S/C18H14F7N5/c1-29-4-6-30(7-5-29)16-15-14(26-2-3-27-15)9-8-10(17(21,22)18(23,24)25)11(19)12(20)13(9)28-16/h2-3,8H,4-7H2,1H3. The Morgan fingerprint density at radius 3 is 2.03 bits per heavy atom. The molecular weight excluding hydrogens is 419 g/mol. The number of anilines is 1. The monoisotopic (exact) mass is 433 g/mol. The van der Waals surface area contributed by atoms with Crippen LogP contribution in [0.1, 0.15) is 5.56 Å². The Labute approximate surface area is 165 Å². The van der Waals surface area contributed by atoms with Crippen LogP contribution >= 0.6 is 0 Å². The molecule has 1 fully saturated rings. The van der Waals surface area contributed by atoms with Gasteiger partial charge in [-0.2, -0.15) is 22.0 Å². The van der Waals surface area contributed by atoms with Crippen LogP contribution < -0.4 is 4.90 Å². The number of halogens is 7. The predicted molar refractivity (Wildman–Crippen MR) is 94.4 cm³/mol. The average Bonchev–Trinajstić information content (AvgIpc) is 2.69. The molecule has 0 saturated carbocycles. The lowest BCUT2D eigenvalue weighted by atomic mass is 10.0. The first-order valence-corrected chi connectivity index (χ1v) is 8.83. The van der Waals surface area contributed by atoms with Gasteiger partial charge in [0, 0.05) is 44.0 Å². The van der Waals surface area contributed by atoms with Gasteiger partial charge in [-0.3, -0.25) is 4.98 Å². The van der Waals surface area contributed by atoms with Crippen molar-refractivity contribution < 1.29 is 30.7 Å². The molecule has 3 aromatic rings. The lowest BCUT2D eigenvalue weighted by molar-refractivity contribution is -0.290. The topological polar surface area (TPSA) is 45.2 Å². The predicted octanol–water partition coefficient (Wildman–Crippen LogP) is 3.86. The zero-order valence-electron chi connectivity index (χ0n) is 15.4. The highest BCUT2D eigenvalue weighted by Crippen LogP contribution is 2.46. The largest absolute Gasteiger partial charge is 0.458 e. The van der Waals surface area contributed by atoms with E-state index in [0.717, 1.165) is 0 Å². The van der Waals surface area contributed by atoms with Crippen molar-refractivity contribution in [3.63, 3.8) is 0 Å². The zero-order chi connectivity index (χ0) is 21.8. The van der Waals surface area contributed by atoms with Crippen molar-refractivity contribution >= 4 is 27.8 Å². The molecule has 0 unspecified atom stereocenters. The van der Waals surface area contributed by atoms with Gasteiger partial charge in [0.2, 0.25) is 0 Å². The lowest BCUT2D eigenvalue weighted by Crippen LogP contribution is -2.45. The minimum atomic E-state index is -6.11. The van der Waals surface area contributed by atoms with Gasteiger partial charge >= 0.3 is 12.1 Å². The van der Waals surface area contributed by atoms with Crippen LogP contribution in [0.3, 0.4) is 0 Å². The third-order valence-electron chi connectivity index (χ3n) is 5.06. The molecule has 30 heavy (non-hydrogen) atoms. The van der Waals surface area contributed by atoms with Gasteiger partial charge in [0.05, 0.1) is 5.56 Å². The van der Waals surface area contributed by atoms with Crippen molar-refractivity contribution in [2.24, 2.45) is 0 Å². The average molecular weight is 433 g/mol. The molecule has 1 aliphatic rings. The van der Waals surface area contributed by atoms with Crippen LogP contribution in [0, 0.1) is 11.6 Å². The molecule has 1 aromatic carbocycles. The summed E-state index contributed by atoms with van der Waals surface area (Å²) < 4.78 is 95.1. The number of rotatable bonds is 2. The van der Waals surface area contributed by atoms with E-state index in [2.05, 4.69) is 15.0 Å². The Bertz CT molecular complexity index is 1120. The van der Waals surface area contributed by atoms with Crippen molar-refractivity contribution in [2.75, 3.05) is 38.1 Å². The first kappa shape index (κ1) is 20.5. The van der Waals surface area contributed by atoms with Crippen LogP contribution in [-0.4, -0.2) is 59.3 Å². The van der Waals surface area contributed by atoms with Crippen LogP contribution in [-0.2, 0) is 5.92 Å². The van der Waals surface area contributed by atoms with Gasteiger partial charge in [0.25, 0.3) is 0 Å². The van der Waals surface area contributed by atoms with Crippen molar-refractivity contribution in [1.82, 2.24) is 19.9 Å². The minimum Gasteiger partial charge on any atom is -0.352 e. The van der Waals surface area contributed by atoms with Gasteiger partial charge in [0.15, 0.2) is 17.5 Å². The molecular formula is C18H14F7N5. The number of alkyl halides is 5. The molecule has 0 atom stereocenters. The van der Waals surface area contributed by atoms with Gasteiger partial charge in [-0.25, -0.2) is 18.7 Å². The Morgan fingerprint density at radius 2 is 1.43 bits per heavy atom. The smallest absolute Gasteiger partial charge is 0.352 e. The summed E-state index contributed by atoms with van der Waals surface area (Å²) in [6.07, 6.45) is -3.64. The number of fused-ring (bicyclic) bond motifs is 3. The van der Waals surface area contributed by atoms with E-state index in [0.29, 0.717) is 26.2 Å². The summed E-state index contributed by atoms with van der Waals surface area (Å²) >= 11 is 0. The van der Waals surface area contributed by atoms with E-state index >= 15 is 0 Å². The molecule has 4 rings (SSSR count). The molecule has 1 saturated heterocycles. The zero-order valence-corrected chi connectivity index (χ0v) is 15.4. The number of hydrogen-bond donors (Lipinski definition) is 0. The lowest BCUT2D eigenvalue weighted by Gasteiger charge is -2.33. The van der Waals surface area contributed by atoms with E-state index < -0.39 is 40.2 Å². The van der Waals surface area contributed by atoms with E-state index in [1.165, 1.54) is 12.4 Å². The molecule has 5 nitrogen and oxygen atoms in total. The molecule has 1 aliphatic heterocycles. The molecule has 0 aliphatic carbocycles. The molecule has 2 aromatic heterocycles. The molecule has 3 heterocycles. The summed E-state index contributed by atoms with van der Waals surface area (Å²) in [5.74, 6) is -9.64. The molecule has 0 spiro atoms. The van der Waals surface area contributed by atoms with Crippen molar-refractivity contribution in [1.29, 1.82) is 0 Å². The number of nitrogens with zero attached hydrogens (tertiary/aromatic N) is 5. The van der Waals surface area contributed by atoms with E-state index in [-0.39, 0.29) is 22.9 Å². The fourth-order valence-corrected chi connectivity index (χ4v) is 3.38. The Kier molecular flexibility index (Phi) is 4.71. The summed E-state index contributed by atoms with van der Waals surface area (Å²) in [7, 11) is 1.90. The molecule has 0 bridgehead atoms. The summed E-state index contributed by atoms with van der Waals surface area (Å²) in [6, 6.07) is 0.249. The molecule has 0 amide bonds. The molecule has 0 N–H and O–H groups in total. The van der Waals surface area contributed by atoms with Crippen LogP contribution in [0.2, 0.25) is 0 Å². The third-order valence-corrected chi connectivity index (χ3v) is 5.06. The highest BCUT2D eigenvalue weighted by atomic mass is 19.4. The van der Waals surface area contributed by atoms with Gasteiger partial charge in [-0.05, 0) is 13.1 Å². The Hall–Kier alpha value is -2.76. The molecule has 0 radical (unpaired) electrons. The van der Waals surface area contributed by atoms with Gasteiger partial charge in [-0.15, -0.1) is 0 Å². The van der Waals surface area contributed by atoms with Crippen molar-refractivity contribution in [3.05, 3.63) is 35.7 Å². The van der Waals surface area contributed by atoms with Crippen LogP contribution in [0.5, 0.6) is 0 Å². The summed E-state index contributed by atoms with van der Waals surface area (Å²) in [5, 5.41) is -0.478. The number of hydrogen-bond acceptors (Lipinski definition) is 5. The maximum Gasteiger partial charge on any atom is 0.458 e. The molecule has 12 heteroatoms. The van der Waals surface area contributed by atoms with Crippen LogP contribution in [0.4, 0.5) is 36.6 Å². The minimum absolute atomic E-state index is 0.0989. The Morgan fingerprint density at radius 1 is 0.833 bits per heavy atom. The SMILES string of the molecule is CN1CCN(c2nc3c(F)c(F)c(C(F)(F)C(F)(F)F)cc3c3nccnc23)CC1. The van der Waals surface area contributed by atoms with E-state index in [1.54, 1.807) is 4.90 Å². The van der Waals surface area contributed by atoms with Gasteiger partial charge in [0.1, 0.15) is 16.6 Å². The maximum absolute atomic E-state index is 14.7. The van der Waals surface area contributed by atoms with Crippen molar-refractivity contribution in [2.45, 2.75) is 12.1 Å². The highest BCUT2D eigenvalue weighted by molar-refractivity contribution is 6.06. The number of benzene rings is 1. The second kappa shape index (κ2) is 6.89. The van der Waals surface area contributed by atoms with Crippen molar-refractivity contribution in [3.8, 4) is 0 Å². The van der Waals surface area contributed by atoms with Gasteiger partial charge < -0.3 is 9.80 Å². The first-order valence-electron chi connectivity index (χ1n) is 8.83.